The highest BCUT2D eigenvalue weighted by Gasteiger charge is 2.15. The van der Waals surface area contributed by atoms with Crippen molar-refractivity contribution in [2.75, 3.05) is 13.7 Å². The number of ether oxygens (including phenoxy) is 2. The Morgan fingerprint density at radius 2 is 1.79 bits per heavy atom. The van der Waals surface area contributed by atoms with Gasteiger partial charge in [0.2, 0.25) is 5.91 Å². The van der Waals surface area contributed by atoms with E-state index in [1.54, 1.807) is 19.4 Å². The van der Waals surface area contributed by atoms with Crippen LogP contribution in [0.25, 0.3) is 27.7 Å². The van der Waals surface area contributed by atoms with Crippen LogP contribution in [-0.4, -0.2) is 19.6 Å². The van der Waals surface area contributed by atoms with Crippen LogP contribution in [0, 0.1) is 6.92 Å². The predicted molar refractivity (Wildman–Crippen MR) is 136 cm³/mol. The predicted octanol–water partition coefficient (Wildman–Crippen LogP) is 6.54. The molecule has 0 aliphatic rings. The zero-order chi connectivity index (χ0) is 24.1. The van der Waals surface area contributed by atoms with Crippen LogP contribution in [0.15, 0.2) is 77.4 Å². The topological polar surface area (TPSA) is 60.7 Å². The van der Waals surface area contributed by atoms with E-state index in [4.69, 9.17) is 13.9 Å². The lowest BCUT2D eigenvalue weighted by Crippen LogP contribution is -2.20. The Bertz CT molecular complexity index is 1320. The van der Waals surface area contributed by atoms with E-state index in [9.17, 15) is 4.79 Å². The number of methoxy groups -OCH3 is 1. The molecule has 1 amide bonds. The van der Waals surface area contributed by atoms with Gasteiger partial charge in [-0.3, -0.25) is 4.79 Å². The second-order valence-electron chi connectivity index (χ2n) is 8.19. The first-order valence-electron chi connectivity index (χ1n) is 11.3. The molecule has 0 fully saturated rings. The fourth-order valence-electron chi connectivity index (χ4n) is 3.85. The summed E-state index contributed by atoms with van der Waals surface area (Å²) in [4.78, 5) is 12.7. The van der Waals surface area contributed by atoms with Crippen molar-refractivity contribution in [2.45, 2.75) is 27.3 Å². The molecular weight excluding hydrogens is 426 g/mol. The van der Waals surface area contributed by atoms with Gasteiger partial charge in [-0.1, -0.05) is 42.0 Å². The Labute approximate surface area is 200 Å². The van der Waals surface area contributed by atoms with Crippen molar-refractivity contribution in [3.05, 3.63) is 89.7 Å². The summed E-state index contributed by atoms with van der Waals surface area (Å²) in [6.07, 6.45) is 3.38. The number of hydrogen-bond donors (Lipinski definition) is 1. The summed E-state index contributed by atoms with van der Waals surface area (Å²) < 4.78 is 16.9. The van der Waals surface area contributed by atoms with Crippen LogP contribution in [0.4, 0.5) is 0 Å². The number of amides is 1. The summed E-state index contributed by atoms with van der Waals surface area (Å²) in [5.41, 5.74) is 6.72. The fraction of sp³-hybridized carbons (Fsp3) is 0.207. The monoisotopic (exact) mass is 455 g/mol. The maximum atomic E-state index is 12.7. The highest BCUT2D eigenvalue weighted by Crippen LogP contribution is 2.37. The second-order valence-corrected chi connectivity index (χ2v) is 8.19. The summed E-state index contributed by atoms with van der Waals surface area (Å²) in [5.74, 6) is 1.31. The van der Waals surface area contributed by atoms with Crippen LogP contribution in [0.5, 0.6) is 11.5 Å². The largest absolute Gasteiger partial charge is 0.497 e. The van der Waals surface area contributed by atoms with Gasteiger partial charge >= 0.3 is 0 Å². The molecule has 0 aliphatic heterocycles. The molecular formula is C29H29NO4. The average molecular weight is 456 g/mol. The van der Waals surface area contributed by atoms with E-state index >= 15 is 0 Å². The molecule has 1 aromatic heterocycles. The smallest absolute Gasteiger partial charge is 0.244 e. The molecule has 1 N–H and O–H groups in total. The summed E-state index contributed by atoms with van der Waals surface area (Å²) in [6.45, 7) is 6.87. The van der Waals surface area contributed by atoms with Crippen molar-refractivity contribution in [3.63, 3.8) is 0 Å². The van der Waals surface area contributed by atoms with Crippen LogP contribution < -0.4 is 14.8 Å². The van der Waals surface area contributed by atoms with Gasteiger partial charge in [0.15, 0.2) is 0 Å². The van der Waals surface area contributed by atoms with Crippen LogP contribution in [0.2, 0.25) is 0 Å². The van der Waals surface area contributed by atoms with E-state index in [0.717, 1.165) is 44.5 Å². The van der Waals surface area contributed by atoms with Gasteiger partial charge < -0.3 is 19.2 Å². The maximum Gasteiger partial charge on any atom is 0.244 e. The molecule has 4 rings (SSSR count). The molecule has 0 aliphatic carbocycles. The molecule has 0 atom stereocenters. The van der Waals surface area contributed by atoms with Gasteiger partial charge in [0.05, 0.1) is 20.0 Å². The molecule has 174 valence electrons. The molecule has 1 heterocycles. The Balaban J connectivity index is 1.61. The number of furan rings is 1. The average Bonchev–Trinajstić information content (AvgIpc) is 3.26. The first-order chi connectivity index (χ1) is 16.5. The lowest BCUT2D eigenvalue weighted by atomic mass is 9.98. The highest BCUT2D eigenvalue weighted by atomic mass is 16.5. The molecule has 0 unspecified atom stereocenters. The van der Waals surface area contributed by atoms with Crippen molar-refractivity contribution in [2.24, 2.45) is 0 Å². The SMILES string of the molecule is CCOc1cc2occ(-c3ccc(C)cc3)c2cc1/C(C)=C/C(=O)NCc1ccc(OC)cc1. The van der Waals surface area contributed by atoms with Crippen LogP contribution >= 0.6 is 0 Å². The lowest BCUT2D eigenvalue weighted by Gasteiger charge is -2.12. The Hall–Kier alpha value is -3.99. The minimum absolute atomic E-state index is 0.165. The number of nitrogens with one attached hydrogen (secondary N) is 1. The number of carbonyl (C=O) groups is 1. The van der Waals surface area contributed by atoms with Crippen molar-refractivity contribution >= 4 is 22.4 Å². The van der Waals surface area contributed by atoms with E-state index in [1.807, 2.05) is 50.2 Å². The molecule has 0 spiro atoms. The molecule has 0 saturated heterocycles. The van der Waals surface area contributed by atoms with Crippen molar-refractivity contribution in [1.29, 1.82) is 0 Å². The van der Waals surface area contributed by atoms with Gasteiger partial charge in [-0.25, -0.2) is 0 Å². The van der Waals surface area contributed by atoms with Crippen LogP contribution in [0.3, 0.4) is 0 Å². The maximum absolute atomic E-state index is 12.7. The minimum atomic E-state index is -0.165. The summed E-state index contributed by atoms with van der Waals surface area (Å²) in [5, 5.41) is 3.93. The minimum Gasteiger partial charge on any atom is -0.497 e. The molecule has 0 saturated carbocycles. The molecule has 0 radical (unpaired) electrons. The number of carbonyl (C=O) groups excluding carboxylic acids is 1. The summed E-state index contributed by atoms with van der Waals surface area (Å²) >= 11 is 0. The van der Waals surface area contributed by atoms with Crippen molar-refractivity contribution < 1.29 is 18.7 Å². The summed E-state index contributed by atoms with van der Waals surface area (Å²) in [7, 11) is 1.63. The van der Waals surface area contributed by atoms with E-state index in [-0.39, 0.29) is 5.91 Å². The third kappa shape index (κ3) is 5.15. The molecule has 4 aromatic rings. The van der Waals surface area contributed by atoms with Gasteiger partial charge in [-0.15, -0.1) is 0 Å². The second kappa shape index (κ2) is 10.3. The number of aryl methyl sites for hydroxylation is 1. The van der Waals surface area contributed by atoms with Gasteiger partial charge in [0.1, 0.15) is 17.1 Å². The molecule has 0 bridgehead atoms. The summed E-state index contributed by atoms with van der Waals surface area (Å²) in [6, 6.07) is 19.9. The van der Waals surface area contributed by atoms with Gasteiger partial charge in [0.25, 0.3) is 0 Å². The first kappa shape index (κ1) is 23.2. The zero-order valence-corrected chi connectivity index (χ0v) is 20.0. The van der Waals surface area contributed by atoms with E-state index in [0.29, 0.717) is 18.9 Å². The third-order valence-electron chi connectivity index (χ3n) is 5.74. The zero-order valence-electron chi connectivity index (χ0n) is 20.0. The third-order valence-corrected chi connectivity index (χ3v) is 5.74. The Morgan fingerprint density at radius 3 is 2.47 bits per heavy atom. The van der Waals surface area contributed by atoms with Crippen LogP contribution in [0.1, 0.15) is 30.5 Å². The number of allylic oxidation sites excluding steroid dienone is 1. The highest BCUT2D eigenvalue weighted by molar-refractivity contribution is 6.00. The van der Waals surface area contributed by atoms with E-state index in [2.05, 4.69) is 36.5 Å². The Morgan fingerprint density at radius 1 is 1.06 bits per heavy atom. The number of hydrogen-bond acceptors (Lipinski definition) is 4. The quantitative estimate of drug-likeness (QED) is 0.307. The molecule has 3 aromatic carbocycles. The van der Waals surface area contributed by atoms with Gasteiger partial charge in [-0.2, -0.15) is 0 Å². The molecule has 5 nitrogen and oxygen atoms in total. The number of fused-ring (bicyclic) bond motifs is 1. The van der Waals surface area contributed by atoms with Gasteiger partial charge in [-0.05, 0) is 55.7 Å². The van der Waals surface area contributed by atoms with Crippen molar-refractivity contribution in [1.82, 2.24) is 5.32 Å². The van der Waals surface area contributed by atoms with E-state index in [1.165, 1.54) is 5.56 Å². The molecule has 34 heavy (non-hydrogen) atoms. The number of benzene rings is 3. The lowest BCUT2D eigenvalue weighted by molar-refractivity contribution is -0.116. The van der Waals surface area contributed by atoms with E-state index < -0.39 is 0 Å². The van der Waals surface area contributed by atoms with Crippen molar-refractivity contribution in [3.8, 4) is 22.6 Å². The Kier molecular flexibility index (Phi) is 7.02. The van der Waals surface area contributed by atoms with Gasteiger partial charge in [0, 0.05) is 35.2 Å². The molecule has 5 heteroatoms. The first-order valence-corrected chi connectivity index (χ1v) is 11.3. The standard InChI is InChI=1S/C29H29NO4/c1-5-33-27-16-28-25(26(18-34-28)22-10-6-19(2)7-11-22)15-24(27)20(3)14-29(31)30-17-21-8-12-23(32-4)13-9-21/h6-16,18H,5,17H2,1-4H3,(H,30,31)/b20-14+. The normalized spacial score (nSPS) is 11.5. The fourth-order valence-corrected chi connectivity index (χ4v) is 3.85. The van der Waals surface area contributed by atoms with Crippen LogP contribution in [-0.2, 0) is 11.3 Å². The number of rotatable bonds is 8.